The predicted molar refractivity (Wildman–Crippen MR) is 117 cm³/mol. The Morgan fingerprint density at radius 1 is 0.833 bits per heavy atom. The van der Waals surface area contributed by atoms with E-state index in [4.69, 9.17) is 5.73 Å². The first kappa shape index (κ1) is 23.3. The number of nitrogens with two attached hydrogens (primary N) is 1. The van der Waals surface area contributed by atoms with Crippen molar-refractivity contribution in [2.45, 2.75) is 12.4 Å². The number of imidazole rings is 1. The monoisotopic (exact) mass is 505 g/mol. The first-order chi connectivity index (χ1) is 16.9. The molecule has 0 spiro atoms. The van der Waals surface area contributed by atoms with Crippen LogP contribution in [0, 0.1) is 0 Å². The van der Waals surface area contributed by atoms with Crippen molar-refractivity contribution in [3.8, 4) is 16.8 Å². The number of pyridine rings is 2. The maximum Gasteiger partial charge on any atom is 0.451 e. The van der Waals surface area contributed by atoms with Crippen molar-refractivity contribution in [3.63, 3.8) is 0 Å². The van der Waals surface area contributed by atoms with E-state index in [9.17, 15) is 31.1 Å². The number of aromatic nitrogens is 6. The highest BCUT2D eigenvalue weighted by atomic mass is 19.4. The Balaban J connectivity index is 1.77. The van der Waals surface area contributed by atoms with E-state index in [0.29, 0.717) is 22.0 Å². The number of aryl methyl sites for hydroxylation is 1. The molecule has 8 nitrogen and oxygen atoms in total. The number of rotatable bonds is 2. The number of halogens is 6. The minimum absolute atomic E-state index is 0.0370. The molecule has 0 aliphatic heterocycles. The second kappa shape index (κ2) is 7.76. The zero-order valence-corrected chi connectivity index (χ0v) is 18.1. The third-order valence-corrected chi connectivity index (χ3v) is 5.59. The van der Waals surface area contributed by atoms with Gasteiger partial charge in [-0.05, 0) is 23.8 Å². The molecule has 1 aromatic carbocycles. The lowest BCUT2D eigenvalue weighted by atomic mass is 10.0. The number of benzene rings is 1. The number of nitrogen functional groups attached to an aromatic ring is 1. The van der Waals surface area contributed by atoms with Crippen LogP contribution in [0.2, 0.25) is 0 Å². The summed E-state index contributed by atoms with van der Waals surface area (Å²) in [4.78, 5) is 27.6. The SMILES string of the molecule is Cn1c(=O)n(-c2cnc(C(F)(F)F)nc2)c2c3cc(-c4cnc(N)c(C(F)(F)F)c4)ccc3ncc21. The third kappa shape index (κ3) is 3.70. The van der Waals surface area contributed by atoms with E-state index < -0.39 is 35.2 Å². The quantitative estimate of drug-likeness (QED) is 0.358. The molecule has 5 aromatic rings. The first-order valence-corrected chi connectivity index (χ1v) is 10.1. The lowest BCUT2D eigenvalue weighted by molar-refractivity contribution is -0.145. The van der Waals surface area contributed by atoms with Gasteiger partial charge in [-0.1, -0.05) is 6.07 Å². The molecule has 0 fully saturated rings. The van der Waals surface area contributed by atoms with Gasteiger partial charge in [-0.25, -0.2) is 19.7 Å². The van der Waals surface area contributed by atoms with Crippen LogP contribution in [0.1, 0.15) is 11.4 Å². The molecule has 2 N–H and O–H groups in total. The summed E-state index contributed by atoms with van der Waals surface area (Å²) < 4.78 is 81.1. The van der Waals surface area contributed by atoms with Gasteiger partial charge < -0.3 is 5.73 Å². The molecule has 4 aromatic heterocycles. The molecule has 0 atom stereocenters. The van der Waals surface area contributed by atoms with Gasteiger partial charge in [-0.15, -0.1) is 0 Å². The second-order valence-electron chi connectivity index (χ2n) is 7.82. The Labute approximate surface area is 196 Å². The molecule has 14 heteroatoms. The van der Waals surface area contributed by atoms with Crippen molar-refractivity contribution in [3.05, 3.63) is 70.9 Å². The van der Waals surface area contributed by atoms with Crippen LogP contribution in [-0.2, 0) is 19.4 Å². The highest BCUT2D eigenvalue weighted by Gasteiger charge is 2.35. The largest absolute Gasteiger partial charge is 0.451 e. The Hall–Kier alpha value is -4.49. The molecule has 0 saturated carbocycles. The van der Waals surface area contributed by atoms with Gasteiger partial charge in [0.05, 0.1) is 46.4 Å². The van der Waals surface area contributed by atoms with Crippen molar-refractivity contribution in [2.75, 3.05) is 5.73 Å². The number of alkyl halides is 6. The Kier molecular flexibility index (Phi) is 5.01. The lowest BCUT2D eigenvalue weighted by Gasteiger charge is -2.12. The van der Waals surface area contributed by atoms with Crippen LogP contribution in [0.3, 0.4) is 0 Å². The van der Waals surface area contributed by atoms with Gasteiger partial charge in [0.2, 0.25) is 5.82 Å². The Bertz CT molecular complexity index is 1700. The van der Waals surface area contributed by atoms with E-state index in [0.717, 1.165) is 23.0 Å². The van der Waals surface area contributed by atoms with Gasteiger partial charge in [-0.2, -0.15) is 26.3 Å². The molecule has 0 bridgehead atoms. The van der Waals surface area contributed by atoms with Crippen LogP contribution in [0.5, 0.6) is 0 Å². The highest BCUT2D eigenvalue weighted by molar-refractivity contribution is 6.04. The maximum absolute atomic E-state index is 13.3. The molecule has 4 heterocycles. The molecule has 0 unspecified atom stereocenters. The molecule has 184 valence electrons. The van der Waals surface area contributed by atoms with Gasteiger partial charge in [-0.3, -0.25) is 14.1 Å². The maximum atomic E-state index is 13.3. The van der Waals surface area contributed by atoms with E-state index in [1.165, 1.54) is 36.1 Å². The molecule has 0 aliphatic rings. The van der Waals surface area contributed by atoms with Gasteiger partial charge in [0, 0.05) is 24.2 Å². The molecule has 36 heavy (non-hydrogen) atoms. The van der Waals surface area contributed by atoms with Crippen molar-refractivity contribution in [2.24, 2.45) is 7.05 Å². The fourth-order valence-corrected chi connectivity index (χ4v) is 3.86. The van der Waals surface area contributed by atoms with Crippen LogP contribution in [0.15, 0.2) is 53.8 Å². The molecule has 5 rings (SSSR count). The van der Waals surface area contributed by atoms with E-state index in [2.05, 4.69) is 19.9 Å². The summed E-state index contributed by atoms with van der Waals surface area (Å²) in [6, 6.07) is 5.44. The number of nitrogens with zero attached hydrogens (tertiary/aromatic N) is 6. The summed E-state index contributed by atoms with van der Waals surface area (Å²) in [5.41, 5.74) is 5.05. The van der Waals surface area contributed by atoms with Crippen molar-refractivity contribution in [1.82, 2.24) is 29.1 Å². The molecular formula is C22H13F6N7O. The van der Waals surface area contributed by atoms with Crippen LogP contribution in [-0.4, -0.2) is 29.1 Å². The van der Waals surface area contributed by atoms with E-state index in [1.807, 2.05) is 0 Å². The number of hydrogen-bond acceptors (Lipinski definition) is 6. The fourth-order valence-electron chi connectivity index (χ4n) is 3.86. The summed E-state index contributed by atoms with van der Waals surface area (Å²) in [6.07, 6.45) is -5.16. The summed E-state index contributed by atoms with van der Waals surface area (Å²) >= 11 is 0. The first-order valence-electron chi connectivity index (χ1n) is 10.1. The Morgan fingerprint density at radius 3 is 2.17 bits per heavy atom. The fraction of sp³-hybridized carbons (Fsp3) is 0.136. The van der Waals surface area contributed by atoms with E-state index >= 15 is 0 Å². The standard InChI is InChI=1S/C22H13F6N7O/c1-34-16-9-30-15-3-2-10(11-5-14(21(23,24)25)18(29)31-6-11)4-13(15)17(16)35(20(34)36)12-7-32-19(33-8-12)22(26,27)28/h2-9H,1H3,(H2,29,31). The average molecular weight is 505 g/mol. The number of anilines is 1. The van der Waals surface area contributed by atoms with Gasteiger partial charge in [0.25, 0.3) is 0 Å². The minimum Gasteiger partial charge on any atom is -0.383 e. The zero-order chi connectivity index (χ0) is 26.0. The van der Waals surface area contributed by atoms with Crippen LogP contribution < -0.4 is 11.4 Å². The van der Waals surface area contributed by atoms with Gasteiger partial charge in [0.1, 0.15) is 5.82 Å². The van der Waals surface area contributed by atoms with E-state index in [-0.39, 0.29) is 16.8 Å². The summed E-state index contributed by atoms with van der Waals surface area (Å²) in [5.74, 6) is -2.04. The van der Waals surface area contributed by atoms with Crippen LogP contribution >= 0.6 is 0 Å². The smallest absolute Gasteiger partial charge is 0.383 e. The molecule has 0 aliphatic carbocycles. The van der Waals surface area contributed by atoms with Gasteiger partial charge in [0.15, 0.2) is 0 Å². The predicted octanol–water partition coefficient (Wildman–Crippen LogP) is 4.35. The summed E-state index contributed by atoms with van der Waals surface area (Å²) in [5, 5.41) is 0.355. The van der Waals surface area contributed by atoms with Crippen molar-refractivity contribution in [1.29, 1.82) is 0 Å². The molecular weight excluding hydrogens is 492 g/mol. The third-order valence-electron chi connectivity index (χ3n) is 5.59. The minimum atomic E-state index is -4.77. The normalized spacial score (nSPS) is 12.5. The molecule has 0 saturated heterocycles. The van der Waals surface area contributed by atoms with E-state index in [1.54, 1.807) is 6.07 Å². The Morgan fingerprint density at radius 2 is 1.53 bits per heavy atom. The van der Waals surface area contributed by atoms with Crippen LogP contribution in [0.25, 0.3) is 38.8 Å². The average Bonchev–Trinajstić information content (AvgIpc) is 3.08. The lowest BCUT2D eigenvalue weighted by Crippen LogP contribution is -2.21. The highest BCUT2D eigenvalue weighted by Crippen LogP contribution is 2.36. The number of fused-ring (bicyclic) bond motifs is 3. The molecule has 0 amide bonds. The van der Waals surface area contributed by atoms with Gasteiger partial charge >= 0.3 is 18.0 Å². The summed E-state index contributed by atoms with van der Waals surface area (Å²) in [7, 11) is 1.45. The second-order valence-corrected chi connectivity index (χ2v) is 7.82. The number of hydrogen-bond donors (Lipinski definition) is 1. The molecule has 0 radical (unpaired) electrons. The topological polar surface area (TPSA) is 105 Å². The summed E-state index contributed by atoms with van der Waals surface area (Å²) in [6.45, 7) is 0. The zero-order valence-electron chi connectivity index (χ0n) is 18.1. The van der Waals surface area contributed by atoms with Crippen LogP contribution in [0.4, 0.5) is 32.2 Å². The van der Waals surface area contributed by atoms with Crippen molar-refractivity contribution < 1.29 is 26.3 Å². The van der Waals surface area contributed by atoms with Crippen molar-refractivity contribution >= 4 is 27.8 Å².